The van der Waals surface area contributed by atoms with Gasteiger partial charge in [-0.25, -0.2) is 8.42 Å². The molecule has 90 valence electrons. The van der Waals surface area contributed by atoms with Crippen LogP contribution in [0.15, 0.2) is 0 Å². The van der Waals surface area contributed by atoms with E-state index in [0.29, 0.717) is 19.7 Å². The average molecular weight is 236 g/mol. The SMILES string of the molecule is CCC1CN(S(=O)(=O)C(C)CN)CCO1. The maximum atomic E-state index is 12.0. The summed E-state index contributed by atoms with van der Waals surface area (Å²) in [6.45, 7) is 5.19. The Morgan fingerprint density at radius 2 is 2.27 bits per heavy atom. The molecule has 1 heterocycles. The highest BCUT2D eigenvalue weighted by Gasteiger charge is 2.32. The van der Waals surface area contributed by atoms with Gasteiger partial charge < -0.3 is 10.5 Å². The first-order chi connectivity index (χ1) is 7.02. The van der Waals surface area contributed by atoms with Crippen molar-refractivity contribution in [2.24, 2.45) is 5.73 Å². The first-order valence-corrected chi connectivity index (χ1v) is 6.83. The predicted octanol–water partition coefficient (Wildman–Crippen LogP) is -0.226. The molecule has 2 atom stereocenters. The molecule has 0 radical (unpaired) electrons. The van der Waals surface area contributed by atoms with Crippen molar-refractivity contribution in [1.29, 1.82) is 0 Å². The Kier molecular flexibility index (Phi) is 4.51. The fraction of sp³-hybridized carbons (Fsp3) is 1.00. The van der Waals surface area contributed by atoms with E-state index in [1.54, 1.807) is 6.92 Å². The smallest absolute Gasteiger partial charge is 0.218 e. The van der Waals surface area contributed by atoms with Crippen molar-refractivity contribution in [3.05, 3.63) is 0 Å². The number of morpholine rings is 1. The van der Waals surface area contributed by atoms with Crippen LogP contribution < -0.4 is 5.73 Å². The molecule has 0 aromatic carbocycles. The van der Waals surface area contributed by atoms with E-state index in [9.17, 15) is 8.42 Å². The number of hydrogen-bond acceptors (Lipinski definition) is 4. The Bertz CT molecular complexity index is 292. The Morgan fingerprint density at radius 3 is 2.80 bits per heavy atom. The van der Waals surface area contributed by atoms with E-state index in [0.717, 1.165) is 6.42 Å². The predicted molar refractivity (Wildman–Crippen MR) is 59.0 cm³/mol. The molecule has 2 unspecified atom stereocenters. The molecule has 1 fully saturated rings. The van der Waals surface area contributed by atoms with E-state index in [2.05, 4.69) is 0 Å². The van der Waals surface area contributed by atoms with Gasteiger partial charge in [0.1, 0.15) is 0 Å². The van der Waals surface area contributed by atoms with Gasteiger partial charge in [-0.15, -0.1) is 0 Å². The Morgan fingerprint density at radius 1 is 1.60 bits per heavy atom. The van der Waals surface area contributed by atoms with Crippen LogP contribution in [0.3, 0.4) is 0 Å². The van der Waals surface area contributed by atoms with Gasteiger partial charge in [-0.3, -0.25) is 0 Å². The van der Waals surface area contributed by atoms with Crippen LogP contribution in [0.1, 0.15) is 20.3 Å². The highest BCUT2D eigenvalue weighted by molar-refractivity contribution is 7.89. The van der Waals surface area contributed by atoms with E-state index in [4.69, 9.17) is 10.5 Å². The molecule has 15 heavy (non-hydrogen) atoms. The molecule has 1 aliphatic rings. The normalized spacial score (nSPS) is 26.5. The van der Waals surface area contributed by atoms with Crippen LogP contribution >= 0.6 is 0 Å². The lowest BCUT2D eigenvalue weighted by Gasteiger charge is -2.33. The number of sulfonamides is 1. The van der Waals surface area contributed by atoms with Gasteiger partial charge in [0.15, 0.2) is 0 Å². The maximum Gasteiger partial charge on any atom is 0.218 e. The zero-order chi connectivity index (χ0) is 11.5. The molecule has 5 nitrogen and oxygen atoms in total. The number of hydrogen-bond donors (Lipinski definition) is 1. The summed E-state index contributed by atoms with van der Waals surface area (Å²) in [5.74, 6) is 0. The summed E-state index contributed by atoms with van der Waals surface area (Å²) in [5.41, 5.74) is 5.39. The van der Waals surface area contributed by atoms with Crippen LogP contribution in [0.5, 0.6) is 0 Å². The summed E-state index contributed by atoms with van der Waals surface area (Å²) in [6.07, 6.45) is 0.863. The monoisotopic (exact) mass is 236 g/mol. The molecular weight excluding hydrogens is 216 g/mol. The van der Waals surface area contributed by atoms with E-state index in [1.165, 1.54) is 4.31 Å². The molecule has 0 aromatic heterocycles. The molecule has 0 bridgehead atoms. The van der Waals surface area contributed by atoms with Gasteiger partial charge >= 0.3 is 0 Å². The molecule has 2 N–H and O–H groups in total. The van der Waals surface area contributed by atoms with Gasteiger partial charge in [0, 0.05) is 19.6 Å². The maximum absolute atomic E-state index is 12.0. The summed E-state index contributed by atoms with van der Waals surface area (Å²) in [7, 11) is -3.23. The molecule has 1 saturated heterocycles. The third-order valence-electron chi connectivity index (χ3n) is 2.76. The molecule has 0 amide bonds. The largest absolute Gasteiger partial charge is 0.375 e. The molecule has 0 saturated carbocycles. The lowest BCUT2D eigenvalue weighted by molar-refractivity contribution is -0.00299. The molecule has 0 aliphatic carbocycles. The second-order valence-corrected chi connectivity index (χ2v) is 6.20. The van der Waals surface area contributed by atoms with Crippen molar-refractivity contribution in [1.82, 2.24) is 4.31 Å². The second-order valence-electron chi connectivity index (χ2n) is 3.85. The average Bonchev–Trinajstić information content (AvgIpc) is 2.27. The molecule has 1 rings (SSSR count). The Balaban J connectivity index is 2.70. The van der Waals surface area contributed by atoms with E-state index in [-0.39, 0.29) is 12.6 Å². The van der Waals surface area contributed by atoms with E-state index in [1.807, 2.05) is 6.92 Å². The Labute approximate surface area is 91.6 Å². The first kappa shape index (κ1) is 12.9. The molecular formula is C9H20N2O3S. The zero-order valence-electron chi connectivity index (χ0n) is 9.35. The molecule has 0 spiro atoms. The fourth-order valence-corrected chi connectivity index (χ4v) is 3.00. The molecule has 1 aliphatic heterocycles. The van der Waals surface area contributed by atoms with Crippen LogP contribution in [0.25, 0.3) is 0 Å². The standard InChI is InChI=1S/C9H20N2O3S/c1-3-9-7-11(4-5-14-9)15(12,13)8(2)6-10/h8-9H,3-7,10H2,1-2H3. The van der Waals surface area contributed by atoms with Crippen LogP contribution in [0, 0.1) is 0 Å². The van der Waals surface area contributed by atoms with Gasteiger partial charge in [0.25, 0.3) is 0 Å². The molecule has 0 aromatic rings. The summed E-state index contributed by atoms with van der Waals surface area (Å²) in [4.78, 5) is 0. The van der Waals surface area contributed by atoms with Crippen LogP contribution in [-0.4, -0.2) is 50.3 Å². The summed E-state index contributed by atoms with van der Waals surface area (Å²) < 4.78 is 30.9. The van der Waals surface area contributed by atoms with Crippen molar-refractivity contribution in [2.45, 2.75) is 31.6 Å². The van der Waals surface area contributed by atoms with Gasteiger partial charge in [-0.1, -0.05) is 6.92 Å². The highest BCUT2D eigenvalue weighted by Crippen LogP contribution is 2.15. The minimum absolute atomic E-state index is 0.0264. The van der Waals surface area contributed by atoms with Crippen LogP contribution in [-0.2, 0) is 14.8 Å². The highest BCUT2D eigenvalue weighted by atomic mass is 32.2. The van der Waals surface area contributed by atoms with Gasteiger partial charge in [-0.05, 0) is 13.3 Å². The van der Waals surface area contributed by atoms with Crippen molar-refractivity contribution in [3.63, 3.8) is 0 Å². The van der Waals surface area contributed by atoms with Crippen molar-refractivity contribution in [3.8, 4) is 0 Å². The van der Waals surface area contributed by atoms with E-state index < -0.39 is 15.3 Å². The number of ether oxygens (including phenoxy) is 1. The first-order valence-electron chi connectivity index (χ1n) is 5.33. The van der Waals surface area contributed by atoms with Gasteiger partial charge in [-0.2, -0.15) is 4.31 Å². The lowest BCUT2D eigenvalue weighted by Crippen LogP contribution is -2.49. The molecule has 6 heteroatoms. The lowest BCUT2D eigenvalue weighted by atomic mass is 10.2. The minimum Gasteiger partial charge on any atom is -0.375 e. The van der Waals surface area contributed by atoms with Crippen molar-refractivity contribution >= 4 is 10.0 Å². The minimum atomic E-state index is -3.23. The topological polar surface area (TPSA) is 72.6 Å². The number of nitrogens with zero attached hydrogens (tertiary/aromatic N) is 1. The zero-order valence-corrected chi connectivity index (χ0v) is 10.2. The fourth-order valence-electron chi connectivity index (χ4n) is 1.55. The third kappa shape index (κ3) is 2.90. The second kappa shape index (κ2) is 5.25. The third-order valence-corrected chi connectivity index (χ3v) is 5.02. The Hall–Kier alpha value is -0.170. The summed E-state index contributed by atoms with van der Waals surface area (Å²) >= 11 is 0. The van der Waals surface area contributed by atoms with Crippen molar-refractivity contribution < 1.29 is 13.2 Å². The number of rotatable bonds is 4. The number of nitrogens with two attached hydrogens (primary N) is 1. The summed E-state index contributed by atoms with van der Waals surface area (Å²) in [5, 5.41) is -0.506. The van der Waals surface area contributed by atoms with Crippen molar-refractivity contribution in [2.75, 3.05) is 26.2 Å². The van der Waals surface area contributed by atoms with E-state index >= 15 is 0 Å². The van der Waals surface area contributed by atoms with Gasteiger partial charge in [0.2, 0.25) is 10.0 Å². The quantitative estimate of drug-likeness (QED) is 0.732. The van der Waals surface area contributed by atoms with Crippen LogP contribution in [0.2, 0.25) is 0 Å². The van der Waals surface area contributed by atoms with Gasteiger partial charge in [0.05, 0.1) is 18.0 Å². The van der Waals surface area contributed by atoms with Crippen LogP contribution in [0.4, 0.5) is 0 Å². The summed E-state index contributed by atoms with van der Waals surface area (Å²) in [6, 6.07) is 0.